The lowest BCUT2D eigenvalue weighted by molar-refractivity contribution is 0.102. The fourth-order valence-electron chi connectivity index (χ4n) is 2.84. The van der Waals surface area contributed by atoms with Gasteiger partial charge in [0.15, 0.2) is 0 Å². The minimum atomic E-state index is -0.186. The number of thioether (sulfide) groups is 1. The summed E-state index contributed by atoms with van der Waals surface area (Å²) >= 11 is 3.25. The molecule has 0 radical (unpaired) electrons. The molecule has 0 saturated heterocycles. The molecule has 4 rings (SSSR count). The Hall–Kier alpha value is -2.83. The van der Waals surface area contributed by atoms with Crippen molar-refractivity contribution in [2.75, 3.05) is 11.1 Å². The van der Waals surface area contributed by atoms with E-state index in [2.05, 4.69) is 17.2 Å². The van der Waals surface area contributed by atoms with Gasteiger partial charge in [-0.05, 0) is 60.4 Å². The molecule has 140 valence electrons. The van der Waals surface area contributed by atoms with Gasteiger partial charge in [-0.2, -0.15) is 0 Å². The minimum Gasteiger partial charge on any atom is -0.507 e. The van der Waals surface area contributed by atoms with Crippen molar-refractivity contribution in [3.63, 3.8) is 0 Å². The van der Waals surface area contributed by atoms with Gasteiger partial charge in [-0.1, -0.05) is 19.1 Å². The Balaban J connectivity index is 1.59. The van der Waals surface area contributed by atoms with Crippen molar-refractivity contribution in [2.45, 2.75) is 11.8 Å². The first-order valence-electron chi connectivity index (χ1n) is 8.87. The molecule has 0 aliphatic rings. The van der Waals surface area contributed by atoms with Crippen LogP contribution in [0.25, 0.3) is 20.8 Å². The zero-order valence-electron chi connectivity index (χ0n) is 15.2. The lowest BCUT2D eigenvalue weighted by Crippen LogP contribution is -2.11. The molecule has 4 nitrogen and oxygen atoms in total. The fraction of sp³-hybridized carbons (Fsp3) is 0.0909. The summed E-state index contributed by atoms with van der Waals surface area (Å²) in [7, 11) is 0. The third-order valence-corrected chi connectivity index (χ3v) is 6.17. The van der Waals surface area contributed by atoms with E-state index in [0.29, 0.717) is 16.8 Å². The molecule has 0 aliphatic heterocycles. The van der Waals surface area contributed by atoms with E-state index in [0.717, 1.165) is 25.9 Å². The average molecular weight is 407 g/mol. The number of nitrogens with zero attached hydrogens (tertiary/aromatic N) is 1. The summed E-state index contributed by atoms with van der Waals surface area (Å²) in [5.74, 6) is 0.945. The van der Waals surface area contributed by atoms with E-state index in [1.54, 1.807) is 30.0 Å². The second-order valence-electron chi connectivity index (χ2n) is 6.13. The maximum Gasteiger partial charge on any atom is 0.255 e. The van der Waals surface area contributed by atoms with Gasteiger partial charge in [0.05, 0.1) is 15.8 Å². The first kappa shape index (κ1) is 18.5. The molecule has 1 amide bonds. The zero-order chi connectivity index (χ0) is 19.5. The van der Waals surface area contributed by atoms with Crippen molar-refractivity contribution >= 4 is 44.9 Å². The monoisotopic (exact) mass is 406 g/mol. The fourth-order valence-corrected chi connectivity index (χ4v) is 4.50. The molecule has 2 N–H and O–H groups in total. The number of fused-ring (bicyclic) bond motifs is 1. The molecular formula is C22H18N2O2S2. The van der Waals surface area contributed by atoms with Crippen LogP contribution in [-0.4, -0.2) is 21.8 Å². The molecular weight excluding hydrogens is 388 g/mol. The topological polar surface area (TPSA) is 62.2 Å². The third-order valence-electron chi connectivity index (χ3n) is 4.21. The summed E-state index contributed by atoms with van der Waals surface area (Å²) in [6.45, 7) is 2.10. The Kier molecular flexibility index (Phi) is 5.32. The maximum atomic E-state index is 12.6. The number of carbonyl (C=O) groups is 1. The number of thiazole rings is 1. The van der Waals surface area contributed by atoms with E-state index >= 15 is 0 Å². The van der Waals surface area contributed by atoms with Gasteiger partial charge in [-0.25, -0.2) is 4.98 Å². The predicted molar refractivity (Wildman–Crippen MR) is 118 cm³/mol. The van der Waals surface area contributed by atoms with Crippen LogP contribution in [0.1, 0.15) is 17.3 Å². The van der Waals surface area contributed by atoms with Crippen LogP contribution >= 0.6 is 23.1 Å². The number of phenols is 1. The van der Waals surface area contributed by atoms with Crippen LogP contribution in [0.3, 0.4) is 0 Å². The number of anilines is 1. The molecule has 0 aliphatic carbocycles. The summed E-state index contributed by atoms with van der Waals surface area (Å²) in [6.07, 6.45) is 0. The Labute approximate surface area is 171 Å². The van der Waals surface area contributed by atoms with Gasteiger partial charge in [0.25, 0.3) is 5.91 Å². The molecule has 1 heterocycles. The summed E-state index contributed by atoms with van der Waals surface area (Å²) in [6, 6.07) is 20.4. The number of aromatic hydroxyl groups is 1. The highest BCUT2D eigenvalue weighted by atomic mass is 32.2. The summed E-state index contributed by atoms with van der Waals surface area (Å²) < 4.78 is 1.05. The Morgan fingerprint density at radius 3 is 2.64 bits per heavy atom. The SMILES string of the molecule is CCSc1ccc(C(=O)Nc2ccc(O)c(-c3nc4ccccc4s3)c2)cc1. The van der Waals surface area contributed by atoms with Gasteiger partial charge in [-0.15, -0.1) is 23.1 Å². The number of hydrogen-bond acceptors (Lipinski definition) is 5. The Bertz CT molecular complexity index is 1100. The van der Waals surface area contributed by atoms with Crippen molar-refractivity contribution in [1.82, 2.24) is 4.98 Å². The highest BCUT2D eigenvalue weighted by Gasteiger charge is 2.13. The third kappa shape index (κ3) is 3.88. The normalized spacial score (nSPS) is 10.9. The van der Waals surface area contributed by atoms with Gasteiger partial charge >= 0.3 is 0 Å². The highest BCUT2D eigenvalue weighted by molar-refractivity contribution is 7.99. The number of nitrogens with one attached hydrogen (secondary N) is 1. The second kappa shape index (κ2) is 8.04. The van der Waals surface area contributed by atoms with Crippen LogP contribution < -0.4 is 5.32 Å². The maximum absolute atomic E-state index is 12.6. The molecule has 0 fully saturated rings. The van der Waals surface area contributed by atoms with Crippen LogP contribution in [0.15, 0.2) is 71.6 Å². The van der Waals surface area contributed by atoms with Gasteiger partial charge in [-0.3, -0.25) is 4.79 Å². The van der Waals surface area contributed by atoms with Crippen molar-refractivity contribution in [2.24, 2.45) is 0 Å². The number of para-hydroxylation sites is 1. The molecule has 0 spiro atoms. The quantitative estimate of drug-likeness (QED) is 0.314. The van der Waals surface area contributed by atoms with Crippen LogP contribution in [0.5, 0.6) is 5.75 Å². The van der Waals surface area contributed by atoms with E-state index in [1.165, 1.54) is 11.3 Å². The van der Waals surface area contributed by atoms with Crippen LogP contribution in [0, 0.1) is 0 Å². The number of hydrogen-bond donors (Lipinski definition) is 2. The molecule has 6 heteroatoms. The highest BCUT2D eigenvalue weighted by Crippen LogP contribution is 2.36. The van der Waals surface area contributed by atoms with E-state index in [1.807, 2.05) is 48.5 Å². The first-order valence-corrected chi connectivity index (χ1v) is 10.7. The molecule has 0 unspecified atom stereocenters. The van der Waals surface area contributed by atoms with Gasteiger partial charge in [0.1, 0.15) is 10.8 Å². The van der Waals surface area contributed by atoms with Crippen molar-refractivity contribution < 1.29 is 9.90 Å². The molecule has 1 aromatic heterocycles. The van der Waals surface area contributed by atoms with Gasteiger partial charge < -0.3 is 10.4 Å². The van der Waals surface area contributed by atoms with Crippen LogP contribution in [0.4, 0.5) is 5.69 Å². The van der Waals surface area contributed by atoms with E-state index in [-0.39, 0.29) is 11.7 Å². The lowest BCUT2D eigenvalue weighted by Gasteiger charge is -2.08. The summed E-state index contributed by atoms with van der Waals surface area (Å²) in [4.78, 5) is 18.3. The zero-order valence-corrected chi connectivity index (χ0v) is 16.8. The van der Waals surface area contributed by atoms with Crippen molar-refractivity contribution in [1.29, 1.82) is 0 Å². The molecule has 3 aromatic carbocycles. The van der Waals surface area contributed by atoms with Gasteiger partial charge in [0.2, 0.25) is 0 Å². The summed E-state index contributed by atoms with van der Waals surface area (Å²) in [5.41, 5.74) is 2.70. The largest absolute Gasteiger partial charge is 0.507 e. The number of rotatable bonds is 5. The smallest absolute Gasteiger partial charge is 0.255 e. The number of benzene rings is 3. The minimum absolute atomic E-state index is 0.137. The molecule has 4 aromatic rings. The Morgan fingerprint density at radius 2 is 1.89 bits per heavy atom. The molecule has 0 atom stereocenters. The second-order valence-corrected chi connectivity index (χ2v) is 8.50. The predicted octanol–water partition coefficient (Wildman–Crippen LogP) is 6.03. The lowest BCUT2D eigenvalue weighted by atomic mass is 10.1. The molecule has 0 bridgehead atoms. The number of phenolic OH excluding ortho intramolecular Hbond substituents is 1. The number of aromatic nitrogens is 1. The Morgan fingerprint density at radius 1 is 1.11 bits per heavy atom. The first-order chi connectivity index (χ1) is 13.6. The van der Waals surface area contributed by atoms with E-state index in [4.69, 9.17) is 0 Å². The van der Waals surface area contributed by atoms with Crippen LogP contribution in [-0.2, 0) is 0 Å². The van der Waals surface area contributed by atoms with Crippen LogP contribution in [0.2, 0.25) is 0 Å². The average Bonchev–Trinajstić information content (AvgIpc) is 3.14. The summed E-state index contributed by atoms with van der Waals surface area (Å²) in [5, 5.41) is 13.9. The van der Waals surface area contributed by atoms with Crippen molar-refractivity contribution in [3.8, 4) is 16.3 Å². The molecule has 28 heavy (non-hydrogen) atoms. The van der Waals surface area contributed by atoms with E-state index in [9.17, 15) is 9.90 Å². The van der Waals surface area contributed by atoms with Gasteiger partial charge in [0, 0.05) is 16.1 Å². The standard InChI is InChI=1S/C22H18N2O2S2/c1-2-27-16-10-7-14(8-11-16)21(26)23-15-9-12-19(25)17(13-15)22-24-18-5-3-4-6-20(18)28-22/h3-13,25H,2H2,1H3,(H,23,26). The number of carbonyl (C=O) groups excluding carboxylic acids is 1. The van der Waals surface area contributed by atoms with E-state index < -0.39 is 0 Å². The molecule has 0 saturated carbocycles. The number of amides is 1. The van der Waals surface area contributed by atoms with Crippen molar-refractivity contribution in [3.05, 3.63) is 72.3 Å².